The Hall–Kier alpha value is -1.03. The fraction of sp³-hybridized carbons (Fsp3) is 0.417. The third kappa shape index (κ3) is 4.23. The number of hydrogen-bond acceptors (Lipinski definition) is 2. The third-order valence-electron chi connectivity index (χ3n) is 2.32. The first kappa shape index (κ1) is 13.0. The average Bonchev–Trinajstić information content (AvgIpc) is 2.25. The van der Waals surface area contributed by atoms with Gasteiger partial charge in [0.2, 0.25) is 0 Å². The van der Waals surface area contributed by atoms with E-state index in [1.54, 1.807) is 0 Å². The van der Waals surface area contributed by atoms with E-state index >= 15 is 0 Å². The van der Waals surface area contributed by atoms with Crippen LogP contribution in [0.5, 0.6) is 0 Å². The van der Waals surface area contributed by atoms with Crippen LogP contribution in [0.2, 0.25) is 0 Å². The number of ether oxygens (including phenoxy) is 1. The maximum Gasteiger partial charge on any atom is 0.405 e. The van der Waals surface area contributed by atoms with E-state index in [-0.39, 0.29) is 6.10 Å². The first-order valence-electron chi connectivity index (χ1n) is 5.35. The van der Waals surface area contributed by atoms with Crippen LogP contribution in [-0.2, 0) is 4.74 Å². The molecule has 1 rings (SSSR count). The topological polar surface area (TPSA) is 52.3 Å². The fourth-order valence-corrected chi connectivity index (χ4v) is 1.77. The van der Waals surface area contributed by atoms with Crippen molar-refractivity contribution >= 4 is 22.0 Å². The van der Waals surface area contributed by atoms with E-state index in [1.165, 1.54) is 0 Å². The molecule has 3 nitrogen and oxygen atoms in total. The molecule has 88 valence electrons. The summed E-state index contributed by atoms with van der Waals surface area (Å²) in [5.41, 5.74) is 6.04. The summed E-state index contributed by atoms with van der Waals surface area (Å²) in [5.74, 6) is 0. The summed E-state index contributed by atoms with van der Waals surface area (Å²) in [6, 6.07) is 7.73. The molecule has 1 aromatic rings. The van der Waals surface area contributed by atoms with Crippen LogP contribution in [0.25, 0.3) is 0 Å². The van der Waals surface area contributed by atoms with E-state index < -0.39 is 6.09 Å². The first-order valence-corrected chi connectivity index (χ1v) is 6.14. The van der Waals surface area contributed by atoms with E-state index in [9.17, 15) is 4.79 Å². The summed E-state index contributed by atoms with van der Waals surface area (Å²) in [6.07, 6.45) is 1.93. The molecule has 0 saturated carbocycles. The van der Waals surface area contributed by atoms with Gasteiger partial charge in [-0.05, 0) is 30.5 Å². The van der Waals surface area contributed by atoms with Crippen molar-refractivity contribution < 1.29 is 9.53 Å². The molecule has 0 aliphatic rings. The maximum absolute atomic E-state index is 10.8. The van der Waals surface area contributed by atoms with Crippen molar-refractivity contribution in [2.24, 2.45) is 5.73 Å². The number of halogens is 1. The lowest BCUT2D eigenvalue weighted by Crippen LogP contribution is -2.17. The second-order valence-electron chi connectivity index (χ2n) is 3.62. The van der Waals surface area contributed by atoms with Crippen LogP contribution in [0.3, 0.4) is 0 Å². The van der Waals surface area contributed by atoms with E-state index in [4.69, 9.17) is 10.5 Å². The molecule has 0 fully saturated rings. The quantitative estimate of drug-likeness (QED) is 0.895. The Morgan fingerprint density at radius 1 is 1.44 bits per heavy atom. The fourth-order valence-electron chi connectivity index (χ4n) is 1.50. The van der Waals surface area contributed by atoms with Crippen molar-refractivity contribution in [3.63, 3.8) is 0 Å². The Bertz CT molecular complexity index is 337. The summed E-state index contributed by atoms with van der Waals surface area (Å²) in [5, 5.41) is 0. The Morgan fingerprint density at radius 3 is 2.56 bits per heavy atom. The smallest absolute Gasteiger partial charge is 0.405 e. The number of carbonyl (C=O) groups is 1. The van der Waals surface area contributed by atoms with E-state index in [1.807, 2.05) is 24.3 Å². The summed E-state index contributed by atoms with van der Waals surface area (Å²) in [7, 11) is 0. The standard InChI is InChI=1S/C12H16BrNO2/c1-2-3-4-11(16-12(14)15)9-5-7-10(13)8-6-9/h5-8,11H,2-4H2,1H3,(H2,14,15). The van der Waals surface area contributed by atoms with Crippen molar-refractivity contribution in [2.75, 3.05) is 0 Å². The van der Waals surface area contributed by atoms with Crippen LogP contribution >= 0.6 is 15.9 Å². The minimum atomic E-state index is -0.718. The minimum Gasteiger partial charge on any atom is -0.442 e. The van der Waals surface area contributed by atoms with Crippen molar-refractivity contribution in [2.45, 2.75) is 32.3 Å². The molecule has 0 heterocycles. The lowest BCUT2D eigenvalue weighted by atomic mass is 10.0. The van der Waals surface area contributed by atoms with Crippen LogP contribution in [-0.4, -0.2) is 6.09 Å². The molecule has 0 bridgehead atoms. The van der Waals surface area contributed by atoms with Gasteiger partial charge in [0.1, 0.15) is 6.10 Å². The molecule has 2 N–H and O–H groups in total. The average molecular weight is 286 g/mol. The summed E-state index contributed by atoms with van der Waals surface area (Å²) in [4.78, 5) is 10.8. The Labute approximate surface area is 104 Å². The van der Waals surface area contributed by atoms with Gasteiger partial charge >= 0.3 is 6.09 Å². The lowest BCUT2D eigenvalue weighted by molar-refractivity contribution is 0.0997. The second-order valence-corrected chi connectivity index (χ2v) is 4.53. The first-order chi connectivity index (χ1) is 7.63. The number of unbranched alkanes of at least 4 members (excludes halogenated alkanes) is 1. The largest absolute Gasteiger partial charge is 0.442 e. The number of nitrogens with two attached hydrogens (primary N) is 1. The van der Waals surface area contributed by atoms with Gasteiger partial charge in [-0.1, -0.05) is 41.4 Å². The molecular formula is C12H16BrNO2. The predicted molar refractivity (Wildman–Crippen MR) is 67.1 cm³/mol. The van der Waals surface area contributed by atoms with Crippen molar-refractivity contribution in [3.05, 3.63) is 34.3 Å². The van der Waals surface area contributed by atoms with Gasteiger partial charge in [-0.15, -0.1) is 0 Å². The van der Waals surface area contributed by atoms with E-state index in [0.29, 0.717) is 0 Å². The monoisotopic (exact) mass is 285 g/mol. The highest BCUT2D eigenvalue weighted by Crippen LogP contribution is 2.24. The van der Waals surface area contributed by atoms with Gasteiger partial charge in [0, 0.05) is 4.47 Å². The van der Waals surface area contributed by atoms with Gasteiger partial charge in [0.25, 0.3) is 0 Å². The van der Waals surface area contributed by atoms with Gasteiger partial charge in [-0.2, -0.15) is 0 Å². The summed E-state index contributed by atoms with van der Waals surface area (Å²) < 4.78 is 6.11. The van der Waals surface area contributed by atoms with Crippen molar-refractivity contribution in [1.29, 1.82) is 0 Å². The van der Waals surface area contributed by atoms with E-state index in [2.05, 4.69) is 22.9 Å². The SMILES string of the molecule is CCCCC(OC(N)=O)c1ccc(Br)cc1. The zero-order valence-corrected chi connectivity index (χ0v) is 10.9. The molecule has 0 aliphatic carbocycles. The highest BCUT2D eigenvalue weighted by atomic mass is 79.9. The Balaban J connectivity index is 2.74. The molecule has 0 spiro atoms. The highest BCUT2D eigenvalue weighted by molar-refractivity contribution is 9.10. The molecule has 4 heteroatoms. The van der Waals surface area contributed by atoms with Gasteiger partial charge in [-0.25, -0.2) is 4.79 Å². The molecular weight excluding hydrogens is 270 g/mol. The Morgan fingerprint density at radius 2 is 2.06 bits per heavy atom. The molecule has 0 aliphatic heterocycles. The number of primary amides is 1. The molecule has 0 saturated heterocycles. The van der Waals surface area contributed by atoms with Gasteiger partial charge < -0.3 is 10.5 Å². The lowest BCUT2D eigenvalue weighted by Gasteiger charge is -2.16. The minimum absolute atomic E-state index is 0.231. The summed E-state index contributed by atoms with van der Waals surface area (Å²) in [6.45, 7) is 2.10. The normalized spacial score (nSPS) is 12.1. The maximum atomic E-state index is 10.8. The predicted octanol–water partition coefficient (Wildman–Crippen LogP) is 3.78. The second kappa shape index (κ2) is 6.53. The Kier molecular flexibility index (Phi) is 5.32. The molecule has 1 aromatic carbocycles. The zero-order chi connectivity index (χ0) is 12.0. The molecule has 1 amide bonds. The zero-order valence-electron chi connectivity index (χ0n) is 9.28. The number of benzene rings is 1. The molecule has 1 atom stereocenters. The number of hydrogen-bond donors (Lipinski definition) is 1. The summed E-state index contributed by atoms with van der Waals surface area (Å²) >= 11 is 3.37. The molecule has 0 radical (unpaired) electrons. The molecule has 16 heavy (non-hydrogen) atoms. The highest BCUT2D eigenvalue weighted by Gasteiger charge is 2.14. The van der Waals surface area contributed by atoms with Crippen molar-refractivity contribution in [1.82, 2.24) is 0 Å². The third-order valence-corrected chi connectivity index (χ3v) is 2.85. The van der Waals surface area contributed by atoms with Gasteiger partial charge in [0.05, 0.1) is 0 Å². The van der Waals surface area contributed by atoms with Crippen LogP contribution < -0.4 is 5.73 Å². The number of amides is 1. The number of rotatable bonds is 5. The van der Waals surface area contributed by atoms with Crippen LogP contribution in [0.15, 0.2) is 28.7 Å². The molecule has 1 unspecified atom stereocenters. The molecule has 0 aromatic heterocycles. The van der Waals surface area contributed by atoms with E-state index in [0.717, 1.165) is 29.3 Å². The van der Waals surface area contributed by atoms with Crippen LogP contribution in [0, 0.1) is 0 Å². The van der Waals surface area contributed by atoms with Gasteiger partial charge in [0.15, 0.2) is 0 Å². The van der Waals surface area contributed by atoms with Gasteiger partial charge in [-0.3, -0.25) is 0 Å². The van der Waals surface area contributed by atoms with Crippen molar-refractivity contribution in [3.8, 4) is 0 Å². The number of carbonyl (C=O) groups excluding carboxylic acids is 1. The van der Waals surface area contributed by atoms with Crippen LogP contribution in [0.4, 0.5) is 4.79 Å². The van der Waals surface area contributed by atoms with Crippen LogP contribution in [0.1, 0.15) is 37.9 Å².